The van der Waals surface area contributed by atoms with Crippen molar-refractivity contribution in [2.75, 3.05) is 6.61 Å². The molecule has 0 atom stereocenters. The summed E-state index contributed by atoms with van der Waals surface area (Å²) < 4.78 is 0. The predicted octanol–water partition coefficient (Wildman–Crippen LogP) is -0.473. The molecule has 0 aliphatic carbocycles. The van der Waals surface area contributed by atoms with Gasteiger partial charge in [0.25, 0.3) is 0 Å². The maximum absolute atomic E-state index is 10.2. The Kier molecular flexibility index (Phi) is 9.09. The Hall–Kier alpha value is 0.560. The summed E-state index contributed by atoms with van der Waals surface area (Å²) in [5.74, 6) is -0.624. The van der Waals surface area contributed by atoms with Crippen LogP contribution in [0.1, 0.15) is 13.3 Å². The number of rotatable bonds is 3. The zero-order valence-electron chi connectivity index (χ0n) is 4.98. The Balaban J connectivity index is 0. The minimum absolute atomic E-state index is 0. The van der Waals surface area contributed by atoms with Gasteiger partial charge in [-0.1, -0.05) is 0 Å². The van der Waals surface area contributed by atoms with Gasteiger partial charge in [-0.25, -0.2) is 0 Å². The third-order valence-corrected chi connectivity index (χ3v) is 0.622. The van der Waals surface area contributed by atoms with Gasteiger partial charge >= 0.3 is 0 Å². The van der Waals surface area contributed by atoms with Crippen LogP contribution < -0.4 is 0 Å². The normalized spacial score (nSPS) is 7.78. The number of aliphatic hydroxyl groups is 1. The van der Waals surface area contributed by atoms with Gasteiger partial charge in [-0.3, -0.25) is 9.59 Å². The maximum Gasteiger partial charge on any atom is 0.165 e. The summed E-state index contributed by atoms with van der Waals surface area (Å²) in [6.07, 6.45) is -0.142. The molecule has 0 bridgehead atoms. The van der Waals surface area contributed by atoms with E-state index >= 15 is 0 Å². The fourth-order valence-electron chi connectivity index (χ4n) is 0.334. The van der Waals surface area contributed by atoms with Crippen LogP contribution in [0.25, 0.3) is 0 Å². The molecule has 0 saturated heterocycles. The van der Waals surface area contributed by atoms with Crippen molar-refractivity contribution in [1.82, 2.24) is 0 Å². The molecule has 0 amide bonds. The van der Waals surface area contributed by atoms with Crippen molar-refractivity contribution in [2.45, 2.75) is 13.3 Å². The van der Waals surface area contributed by atoms with E-state index in [9.17, 15) is 9.59 Å². The molecular formula is C5H8HoO3. The Labute approximate surface area is 83.4 Å². The molecular weight excluding hydrogens is 273 g/mol. The Morgan fingerprint density at radius 2 is 1.89 bits per heavy atom. The van der Waals surface area contributed by atoms with E-state index in [-0.39, 0.29) is 49.9 Å². The molecule has 0 aromatic carbocycles. The van der Waals surface area contributed by atoms with E-state index in [2.05, 4.69) is 0 Å². The van der Waals surface area contributed by atoms with E-state index in [0.717, 1.165) is 0 Å². The van der Waals surface area contributed by atoms with Crippen LogP contribution in [0.5, 0.6) is 0 Å². The number of hydrogen-bond donors (Lipinski definition) is 1. The second-order valence-electron chi connectivity index (χ2n) is 1.58. The Bertz CT molecular complexity index is 111. The van der Waals surface area contributed by atoms with E-state index in [1.165, 1.54) is 6.92 Å². The smallest absolute Gasteiger partial charge is 0.165 e. The van der Waals surface area contributed by atoms with E-state index < -0.39 is 12.4 Å². The third-order valence-electron chi connectivity index (χ3n) is 0.622. The first-order chi connectivity index (χ1) is 3.66. The fourth-order valence-corrected chi connectivity index (χ4v) is 0.334. The molecule has 1 N–H and O–H groups in total. The topological polar surface area (TPSA) is 54.4 Å². The monoisotopic (exact) mass is 281 g/mol. The van der Waals surface area contributed by atoms with Gasteiger partial charge in [0.2, 0.25) is 0 Å². The molecule has 3 nitrogen and oxygen atoms in total. The van der Waals surface area contributed by atoms with Crippen LogP contribution in [-0.2, 0) is 9.59 Å². The van der Waals surface area contributed by atoms with Gasteiger partial charge in [-0.15, -0.1) is 0 Å². The van der Waals surface area contributed by atoms with Gasteiger partial charge in [0, 0.05) is 37.7 Å². The van der Waals surface area contributed by atoms with Gasteiger partial charge in [0.1, 0.15) is 12.4 Å². The summed E-state index contributed by atoms with van der Waals surface area (Å²) in [5.41, 5.74) is 0. The van der Waals surface area contributed by atoms with Crippen LogP contribution in [0.2, 0.25) is 0 Å². The predicted molar refractivity (Wildman–Crippen MR) is 27.4 cm³/mol. The van der Waals surface area contributed by atoms with E-state index in [1.54, 1.807) is 0 Å². The van der Waals surface area contributed by atoms with Gasteiger partial charge in [0.05, 0.1) is 6.42 Å². The van der Waals surface area contributed by atoms with Crippen LogP contribution in [0.15, 0.2) is 0 Å². The van der Waals surface area contributed by atoms with Crippen LogP contribution >= 0.6 is 0 Å². The number of ketones is 2. The molecule has 0 unspecified atom stereocenters. The van der Waals surface area contributed by atoms with E-state index in [1.807, 2.05) is 0 Å². The van der Waals surface area contributed by atoms with Crippen LogP contribution in [0, 0.1) is 37.7 Å². The van der Waals surface area contributed by atoms with Crippen LogP contribution in [0.3, 0.4) is 0 Å². The van der Waals surface area contributed by atoms with Crippen molar-refractivity contribution >= 4 is 11.6 Å². The van der Waals surface area contributed by atoms with Gasteiger partial charge in [-0.05, 0) is 6.92 Å². The second kappa shape index (κ2) is 6.68. The summed E-state index contributed by atoms with van der Waals surface area (Å²) in [6.45, 7) is 0.785. The molecule has 0 fully saturated rings. The molecule has 0 aromatic heterocycles. The summed E-state index contributed by atoms with van der Waals surface area (Å²) in [4.78, 5) is 20.2. The molecule has 57 valence electrons. The quantitative estimate of drug-likeness (QED) is 0.562. The first-order valence-electron chi connectivity index (χ1n) is 2.29. The molecule has 4 heteroatoms. The minimum atomic E-state index is -0.528. The van der Waals surface area contributed by atoms with E-state index in [4.69, 9.17) is 5.11 Å². The van der Waals surface area contributed by atoms with Crippen molar-refractivity contribution in [3.8, 4) is 0 Å². The molecule has 1 radical (unpaired) electrons. The molecule has 0 spiro atoms. The zero-order valence-corrected chi connectivity index (χ0v) is 6.91. The van der Waals surface area contributed by atoms with E-state index in [0.29, 0.717) is 0 Å². The summed E-state index contributed by atoms with van der Waals surface area (Å²) in [7, 11) is 0. The summed E-state index contributed by atoms with van der Waals surface area (Å²) in [5, 5.41) is 8.08. The summed E-state index contributed by atoms with van der Waals surface area (Å²) in [6, 6.07) is 0. The molecule has 0 aromatic rings. The standard InChI is InChI=1S/C5H8O3.Ho/c1-4(7)2-5(8)3-6;/h6H,2-3H2,1H3;. The number of aliphatic hydroxyl groups excluding tert-OH is 1. The summed E-state index contributed by atoms with van der Waals surface area (Å²) >= 11 is 0. The van der Waals surface area contributed by atoms with Gasteiger partial charge < -0.3 is 5.11 Å². The average molecular weight is 281 g/mol. The van der Waals surface area contributed by atoms with Gasteiger partial charge in [-0.2, -0.15) is 0 Å². The molecule has 9 heavy (non-hydrogen) atoms. The number of carbonyl (C=O) groups is 2. The molecule has 0 saturated carbocycles. The first-order valence-corrected chi connectivity index (χ1v) is 2.29. The molecule has 0 aliphatic rings. The molecule has 0 aliphatic heterocycles. The zero-order chi connectivity index (χ0) is 6.57. The number of carbonyl (C=O) groups excluding carboxylic acids is 2. The number of hydrogen-bond acceptors (Lipinski definition) is 3. The maximum atomic E-state index is 10.2. The Morgan fingerprint density at radius 1 is 1.44 bits per heavy atom. The second-order valence-corrected chi connectivity index (χ2v) is 1.58. The van der Waals surface area contributed by atoms with Crippen LogP contribution in [0.4, 0.5) is 0 Å². The van der Waals surface area contributed by atoms with Crippen molar-refractivity contribution in [1.29, 1.82) is 0 Å². The molecule has 0 rings (SSSR count). The van der Waals surface area contributed by atoms with Crippen molar-refractivity contribution in [3.05, 3.63) is 0 Å². The van der Waals surface area contributed by atoms with Crippen molar-refractivity contribution in [2.24, 2.45) is 0 Å². The van der Waals surface area contributed by atoms with Gasteiger partial charge in [0.15, 0.2) is 5.78 Å². The first kappa shape index (κ1) is 12.3. The average Bonchev–Trinajstić information content (AvgIpc) is 1.65. The third kappa shape index (κ3) is 8.56. The Morgan fingerprint density at radius 3 is 2.00 bits per heavy atom. The van der Waals surface area contributed by atoms with Crippen molar-refractivity contribution in [3.63, 3.8) is 0 Å². The van der Waals surface area contributed by atoms with Crippen molar-refractivity contribution < 1.29 is 52.4 Å². The number of Topliss-reactive ketones (excluding diaryl/α,β-unsaturated/α-hetero) is 2. The minimum Gasteiger partial charge on any atom is -0.389 e. The molecule has 0 heterocycles. The SMILES string of the molecule is CC(=O)CC(=O)CO.[Ho]. The van der Waals surface area contributed by atoms with Crippen LogP contribution in [-0.4, -0.2) is 23.3 Å². The fraction of sp³-hybridized carbons (Fsp3) is 0.600. The largest absolute Gasteiger partial charge is 0.389 e.